The molecular formula is C8H4N4O6. The van der Waals surface area contributed by atoms with Crippen molar-refractivity contribution in [3.05, 3.63) is 53.1 Å². The van der Waals surface area contributed by atoms with Gasteiger partial charge in [0.05, 0.1) is 21.4 Å². The van der Waals surface area contributed by atoms with Gasteiger partial charge in [0.2, 0.25) is 0 Å². The molecular weight excluding hydrogens is 248 g/mol. The van der Waals surface area contributed by atoms with Crippen LogP contribution in [0.1, 0.15) is 0 Å². The molecule has 0 fully saturated rings. The molecule has 2 N–H and O–H groups in total. The van der Waals surface area contributed by atoms with Crippen LogP contribution in [-0.2, 0) is 0 Å². The minimum Gasteiger partial charge on any atom is -0.315 e. The van der Waals surface area contributed by atoms with Crippen molar-refractivity contribution >= 4 is 22.4 Å². The van der Waals surface area contributed by atoms with Crippen molar-refractivity contribution in [3.63, 3.8) is 0 Å². The molecule has 18 heavy (non-hydrogen) atoms. The number of benzene rings is 1. The van der Waals surface area contributed by atoms with E-state index in [1.807, 2.05) is 9.97 Å². The highest BCUT2D eigenvalue weighted by molar-refractivity contribution is 5.86. The maximum atomic E-state index is 11.1. The van der Waals surface area contributed by atoms with Gasteiger partial charge in [0, 0.05) is 6.07 Å². The number of hydrogen-bond donors (Lipinski definition) is 2. The van der Waals surface area contributed by atoms with E-state index >= 15 is 0 Å². The fourth-order valence-corrected chi connectivity index (χ4v) is 1.44. The maximum Gasteiger partial charge on any atom is 0.314 e. The summed E-state index contributed by atoms with van der Waals surface area (Å²) in [6.07, 6.45) is 0. The van der Waals surface area contributed by atoms with Gasteiger partial charge in [-0.3, -0.25) is 29.8 Å². The van der Waals surface area contributed by atoms with Crippen LogP contribution in [0.5, 0.6) is 0 Å². The highest BCUT2D eigenvalue weighted by Crippen LogP contribution is 2.26. The van der Waals surface area contributed by atoms with E-state index in [1.54, 1.807) is 0 Å². The second-order valence-electron chi connectivity index (χ2n) is 3.31. The largest absolute Gasteiger partial charge is 0.315 e. The predicted molar refractivity (Wildman–Crippen MR) is 58.5 cm³/mol. The van der Waals surface area contributed by atoms with Crippen LogP contribution < -0.4 is 11.1 Å². The number of aromatic amines is 2. The van der Waals surface area contributed by atoms with Crippen LogP contribution in [0.4, 0.5) is 11.4 Å². The van der Waals surface area contributed by atoms with Crippen LogP contribution in [0.2, 0.25) is 0 Å². The number of nitro groups is 2. The van der Waals surface area contributed by atoms with Gasteiger partial charge in [0.15, 0.2) is 0 Å². The second kappa shape index (κ2) is 3.76. The number of nitro benzene ring substituents is 2. The van der Waals surface area contributed by atoms with E-state index in [0.29, 0.717) is 6.07 Å². The zero-order valence-corrected chi connectivity index (χ0v) is 8.50. The Morgan fingerprint density at radius 3 is 2.11 bits per heavy atom. The number of aromatic nitrogens is 2. The van der Waals surface area contributed by atoms with E-state index in [-0.39, 0.29) is 11.0 Å². The zero-order valence-electron chi connectivity index (χ0n) is 8.50. The highest BCUT2D eigenvalue weighted by Gasteiger charge is 2.20. The molecule has 1 aromatic carbocycles. The summed E-state index contributed by atoms with van der Waals surface area (Å²) in [7, 11) is 0. The summed E-state index contributed by atoms with van der Waals surface area (Å²) in [5.41, 5.74) is -3.78. The molecule has 0 aliphatic heterocycles. The number of fused-ring (bicyclic) bond motifs is 1. The summed E-state index contributed by atoms with van der Waals surface area (Å²) in [6, 6.07) is 1.64. The first-order chi connectivity index (χ1) is 8.40. The smallest absolute Gasteiger partial charge is 0.314 e. The molecule has 0 saturated carbocycles. The lowest BCUT2D eigenvalue weighted by atomic mass is 10.2. The molecule has 92 valence electrons. The Balaban J connectivity index is 2.99. The van der Waals surface area contributed by atoms with E-state index in [0.717, 1.165) is 6.07 Å². The summed E-state index contributed by atoms with van der Waals surface area (Å²) >= 11 is 0. The monoisotopic (exact) mass is 252 g/mol. The van der Waals surface area contributed by atoms with Gasteiger partial charge in [-0.25, -0.2) is 0 Å². The Hall–Kier alpha value is -3.04. The summed E-state index contributed by atoms with van der Waals surface area (Å²) in [4.78, 5) is 45.8. The van der Waals surface area contributed by atoms with Crippen molar-refractivity contribution in [2.45, 2.75) is 0 Å². The Morgan fingerprint density at radius 2 is 1.56 bits per heavy atom. The number of nitrogens with one attached hydrogen (secondary N) is 2. The third-order valence-electron chi connectivity index (χ3n) is 2.20. The fraction of sp³-hybridized carbons (Fsp3) is 0. The molecule has 0 unspecified atom stereocenters. The summed E-state index contributed by atoms with van der Waals surface area (Å²) < 4.78 is 0. The van der Waals surface area contributed by atoms with Gasteiger partial charge >= 0.3 is 16.8 Å². The summed E-state index contributed by atoms with van der Waals surface area (Å²) in [5.74, 6) is 0. The third kappa shape index (κ3) is 1.71. The third-order valence-corrected chi connectivity index (χ3v) is 2.20. The van der Waals surface area contributed by atoms with Gasteiger partial charge in [0.25, 0.3) is 5.69 Å². The van der Waals surface area contributed by atoms with E-state index < -0.39 is 32.3 Å². The molecule has 0 atom stereocenters. The molecule has 0 saturated heterocycles. The van der Waals surface area contributed by atoms with E-state index in [4.69, 9.17) is 0 Å². The average Bonchev–Trinajstić information content (AvgIpc) is 2.29. The van der Waals surface area contributed by atoms with Crippen LogP contribution in [0.25, 0.3) is 11.0 Å². The quantitative estimate of drug-likeness (QED) is 0.437. The van der Waals surface area contributed by atoms with Gasteiger partial charge in [-0.2, -0.15) is 0 Å². The molecule has 0 amide bonds. The number of non-ortho nitro benzene ring substituents is 2. The van der Waals surface area contributed by atoms with Gasteiger partial charge in [0.1, 0.15) is 5.52 Å². The average molecular weight is 252 g/mol. The lowest BCUT2D eigenvalue weighted by Gasteiger charge is -1.99. The second-order valence-corrected chi connectivity index (χ2v) is 3.31. The van der Waals surface area contributed by atoms with Crippen LogP contribution in [0.15, 0.2) is 21.7 Å². The topological polar surface area (TPSA) is 152 Å². The van der Waals surface area contributed by atoms with Gasteiger partial charge in [-0.05, 0) is 0 Å². The number of nitrogens with zero attached hydrogens (tertiary/aromatic N) is 2. The number of H-pyrrole nitrogens is 2. The Bertz CT molecular complexity index is 788. The summed E-state index contributed by atoms with van der Waals surface area (Å²) in [5, 5.41) is 21.3. The molecule has 0 spiro atoms. The van der Waals surface area contributed by atoms with E-state index in [9.17, 15) is 29.8 Å². The van der Waals surface area contributed by atoms with Crippen molar-refractivity contribution < 1.29 is 9.85 Å². The van der Waals surface area contributed by atoms with Gasteiger partial charge in [-0.1, -0.05) is 0 Å². The lowest BCUT2D eigenvalue weighted by Crippen LogP contribution is -2.29. The van der Waals surface area contributed by atoms with E-state index in [1.165, 1.54) is 0 Å². The normalized spacial score (nSPS) is 10.4. The first kappa shape index (κ1) is 11.4. The van der Waals surface area contributed by atoms with Crippen LogP contribution >= 0.6 is 0 Å². The SMILES string of the molecule is O=c1[nH]c2cc([N+](=O)[O-])cc([N+](=O)[O-])c2[nH]c1=O. The van der Waals surface area contributed by atoms with Crippen molar-refractivity contribution in [1.82, 2.24) is 9.97 Å². The molecule has 2 rings (SSSR count). The molecule has 10 nitrogen and oxygen atoms in total. The molecule has 2 aromatic rings. The first-order valence-corrected chi connectivity index (χ1v) is 4.49. The van der Waals surface area contributed by atoms with Crippen molar-refractivity contribution in [1.29, 1.82) is 0 Å². The highest BCUT2D eigenvalue weighted by atomic mass is 16.6. The molecule has 0 aliphatic carbocycles. The van der Waals surface area contributed by atoms with Gasteiger partial charge in [-0.15, -0.1) is 0 Å². The minimum atomic E-state index is -1.07. The molecule has 0 aliphatic rings. The molecule has 10 heteroatoms. The van der Waals surface area contributed by atoms with Crippen LogP contribution in [0, 0.1) is 20.2 Å². The molecule has 0 radical (unpaired) electrons. The number of rotatable bonds is 2. The Labute approximate surface area is 96.2 Å². The predicted octanol–water partition coefficient (Wildman–Crippen LogP) is 0.0328. The van der Waals surface area contributed by atoms with Gasteiger partial charge < -0.3 is 9.97 Å². The molecule has 1 heterocycles. The standard InChI is InChI=1S/C8H4N4O6/c13-7-8(14)10-6-4(9-7)1-3(11(15)16)2-5(6)12(17)18/h1-2H,(H,9,13)(H,10,14). The van der Waals surface area contributed by atoms with Crippen LogP contribution in [0.3, 0.4) is 0 Å². The van der Waals surface area contributed by atoms with E-state index in [2.05, 4.69) is 0 Å². The Kier molecular flexibility index (Phi) is 2.39. The van der Waals surface area contributed by atoms with Crippen molar-refractivity contribution in [3.8, 4) is 0 Å². The number of hydrogen-bond acceptors (Lipinski definition) is 6. The van der Waals surface area contributed by atoms with Crippen molar-refractivity contribution in [2.24, 2.45) is 0 Å². The Morgan fingerprint density at radius 1 is 0.944 bits per heavy atom. The molecule has 0 bridgehead atoms. The maximum absolute atomic E-state index is 11.1. The first-order valence-electron chi connectivity index (χ1n) is 4.49. The summed E-state index contributed by atoms with van der Waals surface area (Å²) in [6.45, 7) is 0. The minimum absolute atomic E-state index is 0.180. The van der Waals surface area contributed by atoms with Crippen molar-refractivity contribution in [2.75, 3.05) is 0 Å². The lowest BCUT2D eigenvalue weighted by molar-refractivity contribution is -0.393. The molecule has 1 aromatic heterocycles. The fourth-order valence-electron chi connectivity index (χ4n) is 1.44. The van der Waals surface area contributed by atoms with Crippen LogP contribution in [-0.4, -0.2) is 19.8 Å². The zero-order chi connectivity index (χ0) is 13.4.